The molecule has 0 saturated carbocycles. The predicted molar refractivity (Wildman–Crippen MR) is 110 cm³/mol. The van der Waals surface area contributed by atoms with Gasteiger partial charge in [0.2, 0.25) is 0 Å². The van der Waals surface area contributed by atoms with Crippen molar-refractivity contribution in [2.45, 2.75) is 65.7 Å². The Morgan fingerprint density at radius 1 is 1.04 bits per heavy atom. The molecule has 1 aromatic carbocycles. The summed E-state index contributed by atoms with van der Waals surface area (Å²) in [5.41, 5.74) is 0.446. The molecule has 1 unspecified atom stereocenters. The van der Waals surface area contributed by atoms with E-state index in [1.54, 1.807) is 32.9 Å². The van der Waals surface area contributed by atoms with Crippen LogP contribution in [-0.2, 0) is 14.3 Å². The van der Waals surface area contributed by atoms with Crippen LogP contribution >= 0.6 is 12.2 Å². The smallest absolute Gasteiger partial charge is 0.331 e. The lowest BCUT2D eigenvalue weighted by molar-refractivity contribution is -0.160. The summed E-state index contributed by atoms with van der Waals surface area (Å²) in [6, 6.07) is 6.26. The van der Waals surface area contributed by atoms with Crippen LogP contribution in [0.3, 0.4) is 0 Å². The van der Waals surface area contributed by atoms with Gasteiger partial charge in [-0.2, -0.15) is 0 Å². The van der Waals surface area contributed by atoms with Crippen molar-refractivity contribution in [3.8, 4) is 0 Å². The molecular weight excluding hydrogens is 364 g/mol. The van der Waals surface area contributed by atoms with Gasteiger partial charge in [0.1, 0.15) is 11.6 Å². The van der Waals surface area contributed by atoms with Crippen LogP contribution in [0.5, 0.6) is 0 Å². The second kappa shape index (κ2) is 9.28. The van der Waals surface area contributed by atoms with Crippen molar-refractivity contribution in [1.29, 1.82) is 0 Å². The zero-order valence-electron chi connectivity index (χ0n) is 17.1. The molecule has 1 atom stereocenters. The highest BCUT2D eigenvalue weighted by molar-refractivity contribution is 7.80. The molecule has 0 aliphatic carbocycles. The highest BCUT2D eigenvalue weighted by Crippen LogP contribution is 2.12. The predicted octanol–water partition coefficient (Wildman–Crippen LogP) is 3.12. The maximum atomic E-state index is 12.5. The third-order valence-electron chi connectivity index (χ3n) is 3.22. The Bertz CT molecular complexity index is 673. The van der Waals surface area contributed by atoms with E-state index in [0.29, 0.717) is 5.56 Å². The molecule has 0 aromatic heterocycles. The van der Waals surface area contributed by atoms with Gasteiger partial charge >= 0.3 is 5.97 Å². The molecule has 0 aliphatic heterocycles. The lowest BCUT2D eigenvalue weighted by atomic mass is 10.1. The van der Waals surface area contributed by atoms with E-state index < -0.39 is 23.2 Å². The third kappa shape index (κ3) is 9.49. The van der Waals surface area contributed by atoms with Gasteiger partial charge < -0.3 is 14.8 Å². The van der Waals surface area contributed by atoms with E-state index in [1.807, 2.05) is 39.8 Å². The molecule has 0 saturated heterocycles. The first-order valence-corrected chi connectivity index (χ1v) is 9.23. The fourth-order valence-corrected chi connectivity index (χ4v) is 2.18. The summed E-state index contributed by atoms with van der Waals surface area (Å²) >= 11 is 5.19. The normalized spacial score (nSPS) is 12.9. The standard InChI is InChI=1S/C20H30N2O4S/c1-13-8-10-14(11-9-13)16(23)22-18(27)21-15(12-25-19(2,3)4)17(24)26-20(5,6)7/h8-11,15H,12H2,1-7H3,(H2,21,22,23,27). The minimum Gasteiger partial charge on any atom is -0.458 e. The van der Waals surface area contributed by atoms with Crippen molar-refractivity contribution in [3.63, 3.8) is 0 Å². The summed E-state index contributed by atoms with van der Waals surface area (Å²) in [4.78, 5) is 24.7. The first kappa shape index (κ1) is 23.0. The number of hydrogen-bond acceptors (Lipinski definition) is 5. The number of ether oxygens (including phenoxy) is 2. The quantitative estimate of drug-likeness (QED) is 0.590. The molecule has 150 valence electrons. The number of amides is 1. The highest BCUT2D eigenvalue weighted by Gasteiger charge is 2.28. The fraction of sp³-hybridized carbons (Fsp3) is 0.550. The fourth-order valence-electron chi connectivity index (χ4n) is 1.95. The number of esters is 1. The summed E-state index contributed by atoms with van der Waals surface area (Å²) in [6.45, 7) is 13.0. The maximum absolute atomic E-state index is 12.5. The molecule has 0 spiro atoms. The van der Waals surface area contributed by atoms with E-state index >= 15 is 0 Å². The van der Waals surface area contributed by atoms with Gasteiger partial charge in [-0.05, 0) is 72.8 Å². The molecule has 1 amide bonds. The molecule has 1 rings (SSSR count). The van der Waals surface area contributed by atoms with Crippen LogP contribution in [0.4, 0.5) is 0 Å². The zero-order chi connectivity index (χ0) is 20.8. The number of rotatable bonds is 5. The molecular formula is C20H30N2O4S. The lowest BCUT2D eigenvalue weighted by Gasteiger charge is -2.28. The van der Waals surface area contributed by atoms with Gasteiger partial charge in [-0.3, -0.25) is 10.1 Å². The molecule has 27 heavy (non-hydrogen) atoms. The summed E-state index contributed by atoms with van der Waals surface area (Å²) in [5.74, 6) is -0.856. The molecule has 0 bridgehead atoms. The Labute approximate surface area is 167 Å². The van der Waals surface area contributed by atoms with Crippen molar-refractivity contribution in [2.24, 2.45) is 0 Å². The number of benzene rings is 1. The first-order valence-electron chi connectivity index (χ1n) is 8.82. The number of thiocarbonyl (C=S) groups is 1. The summed E-state index contributed by atoms with van der Waals surface area (Å²) in [6.07, 6.45) is 0. The molecule has 0 radical (unpaired) electrons. The van der Waals surface area contributed by atoms with Gasteiger partial charge in [-0.15, -0.1) is 0 Å². The third-order valence-corrected chi connectivity index (χ3v) is 3.44. The molecule has 6 nitrogen and oxygen atoms in total. The second-order valence-corrected chi connectivity index (χ2v) is 8.71. The molecule has 0 aliphatic rings. The Morgan fingerprint density at radius 3 is 2.07 bits per heavy atom. The number of aryl methyl sites for hydroxylation is 1. The van der Waals surface area contributed by atoms with Crippen LogP contribution in [0.15, 0.2) is 24.3 Å². The van der Waals surface area contributed by atoms with E-state index in [2.05, 4.69) is 10.6 Å². The van der Waals surface area contributed by atoms with Crippen LogP contribution in [-0.4, -0.2) is 40.8 Å². The van der Waals surface area contributed by atoms with Crippen molar-refractivity contribution < 1.29 is 19.1 Å². The van der Waals surface area contributed by atoms with Gasteiger partial charge in [-0.1, -0.05) is 17.7 Å². The maximum Gasteiger partial charge on any atom is 0.331 e. The number of hydrogen-bond donors (Lipinski definition) is 2. The number of carbonyl (C=O) groups is 2. The largest absolute Gasteiger partial charge is 0.458 e. The Balaban J connectivity index is 2.77. The van der Waals surface area contributed by atoms with Crippen molar-refractivity contribution >= 4 is 29.2 Å². The zero-order valence-corrected chi connectivity index (χ0v) is 18.0. The summed E-state index contributed by atoms with van der Waals surface area (Å²) < 4.78 is 11.1. The van der Waals surface area contributed by atoms with Gasteiger partial charge in [0.05, 0.1) is 12.2 Å². The number of carbonyl (C=O) groups excluding carboxylic acids is 2. The van der Waals surface area contributed by atoms with Gasteiger partial charge in [0, 0.05) is 5.56 Å². The Hall–Kier alpha value is -1.99. The minimum atomic E-state index is -0.839. The summed E-state index contributed by atoms with van der Waals surface area (Å²) in [5, 5.41) is 5.44. The van der Waals surface area contributed by atoms with E-state index in [0.717, 1.165) is 5.56 Å². The van der Waals surface area contributed by atoms with Crippen LogP contribution in [0.25, 0.3) is 0 Å². The van der Waals surface area contributed by atoms with E-state index in [9.17, 15) is 9.59 Å². The SMILES string of the molecule is Cc1ccc(C(=O)NC(=S)NC(COC(C)(C)C)C(=O)OC(C)(C)C)cc1. The highest BCUT2D eigenvalue weighted by atomic mass is 32.1. The Morgan fingerprint density at radius 2 is 1.59 bits per heavy atom. The van der Waals surface area contributed by atoms with Crippen molar-refractivity contribution in [2.75, 3.05) is 6.61 Å². The van der Waals surface area contributed by atoms with E-state index in [4.69, 9.17) is 21.7 Å². The monoisotopic (exact) mass is 394 g/mol. The van der Waals surface area contributed by atoms with Gasteiger partial charge in [0.15, 0.2) is 5.11 Å². The van der Waals surface area contributed by atoms with Crippen molar-refractivity contribution in [1.82, 2.24) is 10.6 Å². The van der Waals surface area contributed by atoms with Crippen molar-refractivity contribution in [3.05, 3.63) is 35.4 Å². The topological polar surface area (TPSA) is 76.7 Å². The molecule has 2 N–H and O–H groups in total. The van der Waals surface area contributed by atoms with Crippen LogP contribution in [0.2, 0.25) is 0 Å². The molecule has 7 heteroatoms. The molecule has 0 fully saturated rings. The average molecular weight is 395 g/mol. The molecule has 1 aromatic rings. The Kier molecular flexibility index (Phi) is 7.92. The van der Waals surface area contributed by atoms with Gasteiger partial charge in [0.25, 0.3) is 5.91 Å². The summed E-state index contributed by atoms with van der Waals surface area (Å²) in [7, 11) is 0. The van der Waals surface area contributed by atoms with Gasteiger partial charge in [-0.25, -0.2) is 4.79 Å². The van der Waals surface area contributed by atoms with E-state index in [-0.39, 0.29) is 17.6 Å². The average Bonchev–Trinajstić information content (AvgIpc) is 2.49. The minimum absolute atomic E-state index is 0.0361. The lowest BCUT2D eigenvalue weighted by Crippen LogP contribution is -2.52. The van der Waals surface area contributed by atoms with Crippen LogP contribution in [0.1, 0.15) is 57.5 Å². The van der Waals surface area contributed by atoms with Crippen LogP contribution < -0.4 is 10.6 Å². The van der Waals surface area contributed by atoms with Crippen LogP contribution in [0, 0.1) is 6.92 Å². The molecule has 0 heterocycles. The first-order chi connectivity index (χ1) is 12.3. The second-order valence-electron chi connectivity index (χ2n) is 8.30. The van der Waals surface area contributed by atoms with E-state index in [1.165, 1.54) is 0 Å². The number of nitrogens with one attached hydrogen (secondary N) is 2.